The Labute approximate surface area is 217 Å². The van der Waals surface area contributed by atoms with Gasteiger partial charge in [0.2, 0.25) is 5.82 Å². The number of halogens is 4. The van der Waals surface area contributed by atoms with Crippen molar-refractivity contribution < 1.29 is 22.3 Å². The fraction of sp³-hybridized carbons (Fsp3) is 0.560. The molecule has 2 N–H and O–H groups in total. The Morgan fingerprint density at radius 3 is 2.53 bits per heavy atom. The molecule has 1 aromatic carbocycles. The summed E-state index contributed by atoms with van der Waals surface area (Å²) in [6.07, 6.45) is 3.08. The standard InChI is InChI=1S/C25H30F4N8O/c26-22-23(30-13-17-3-1-16(2-4-17)5-10-21-33-35-36-34-21)31-15-32-24(22)37-11-12-38-14-20(37)18-6-8-19(9-7-18)25(27,28)29/h6-9,15-17,20H,1-5,10-14H2,(H,30,31,32)(H,33,34,35,36)/t16-,17-,20-/m1/s1. The Balaban J connectivity index is 1.20. The maximum atomic E-state index is 15.6. The first-order valence-corrected chi connectivity index (χ1v) is 12.9. The van der Waals surface area contributed by atoms with Gasteiger partial charge >= 0.3 is 6.18 Å². The molecule has 2 fully saturated rings. The van der Waals surface area contributed by atoms with Crippen LogP contribution < -0.4 is 10.2 Å². The van der Waals surface area contributed by atoms with Crippen LogP contribution in [0.4, 0.5) is 29.2 Å². The number of alkyl halides is 3. The van der Waals surface area contributed by atoms with Crippen molar-refractivity contribution in [1.82, 2.24) is 30.6 Å². The number of morpholine rings is 1. The van der Waals surface area contributed by atoms with Crippen LogP contribution in [0.15, 0.2) is 30.6 Å². The van der Waals surface area contributed by atoms with Crippen LogP contribution in [0.3, 0.4) is 0 Å². The van der Waals surface area contributed by atoms with Gasteiger partial charge in [-0.15, -0.1) is 5.10 Å². The van der Waals surface area contributed by atoms with Gasteiger partial charge in [0.05, 0.1) is 24.8 Å². The summed E-state index contributed by atoms with van der Waals surface area (Å²) in [5, 5.41) is 17.1. The highest BCUT2D eigenvalue weighted by atomic mass is 19.4. The van der Waals surface area contributed by atoms with E-state index in [2.05, 4.69) is 35.9 Å². The molecule has 1 saturated carbocycles. The Kier molecular flexibility index (Phi) is 8.01. The molecule has 38 heavy (non-hydrogen) atoms. The number of hydrogen-bond acceptors (Lipinski definition) is 8. The van der Waals surface area contributed by atoms with E-state index in [-0.39, 0.29) is 18.2 Å². The van der Waals surface area contributed by atoms with Crippen molar-refractivity contribution in [3.63, 3.8) is 0 Å². The van der Waals surface area contributed by atoms with Crippen LogP contribution in [0, 0.1) is 17.7 Å². The van der Waals surface area contributed by atoms with Gasteiger partial charge in [-0.2, -0.15) is 17.6 Å². The van der Waals surface area contributed by atoms with Gasteiger partial charge in [0.1, 0.15) is 12.2 Å². The number of aryl methyl sites for hydroxylation is 1. The number of tetrazole rings is 1. The number of hydrogen-bond donors (Lipinski definition) is 2. The monoisotopic (exact) mass is 534 g/mol. The van der Waals surface area contributed by atoms with Gasteiger partial charge in [-0.05, 0) is 59.2 Å². The molecular formula is C25H30F4N8O. The molecule has 9 nitrogen and oxygen atoms in total. The van der Waals surface area contributed by atoms with Gasteiger partial charge in [0, 0.05) is 19.5 Å². The van der Waals surface area contributed by atoms with Crippen molar-refractivity contribution >= 4 is 11.6 Å². The van der Waals surface area contributed by atoms with E-state index in [1.807, 2.05) is 0 Å². The second-order valence-corrected chi connectivity index (χ2v) is 9.92. The number of aromatic nitrogens is 6. The van der Waals surface area contributed by atoms with Gasteiger partial charge in [0.15, 0.2) is 11.6 Å². The van der Waals surface area contributed by atoms with Gasteiger partial charge in [-0.1, -0.05) is 25.0 Å². The number of nitrogens with one attached hydrogen (secondary N) is 2. The van der Waals surface area contributed by atoms with Gasteiger partial charge in [-0.25, -0.2) is 15.1 Å². The molecule has 3 heterocycles. The van der Waals surface area contributed by atoms with Crippen LogP contribution in [0.2, 0.25) is 0 Å². The second-order valence-electron chi connectivity index (χ2n) is 9.92. The van der Waals surface area contributed by atoms with Crippen molar-refractivity contribution in [2.45, 2.75) is 50.7 Å². The van der Waals surface area contributed by atoms with Crippen LogP contribution >= 0.6 is 0 Å². The van der Waals surface area contributed by atoms with E-state index in [4.69, 9.17) is 4.74 Å². The summed E-state index contributed by atoms with van der Waals surface area (Å²) < 4.78 is 60.1. The number of H-pyrrole nitrogens is 1. The van der Waals surface area contributed by atoms with E-state index in [9.17, 15) is 13.2 Å². The Morgan fingerprint density at radius 1 is 1.05 bits per heavy atom. The SMILES string of the molecule is Fc1c(NC[C@H]2CC[C@H](CCc3nnn[nH]3)CC2)ncnc1N1CCOC[C@@H]1c1ccc(C(F)(F)F)cc1. The van der Waals surface area contributed by atoms with Crippen molar-refractivity contribution in [2.75, 3.05) is 36.5 Å². The first-order chi connectivity index (χ1) is 18.4. The average molecular weight is 535 g/mol. The summed E-state index contributed by atoms with van der Waals surface area (Å²) in [5.41, 5.74) is -0.132. The summed E-state index contributed by atoms with van der Waals surface area (Å²) in [4.78, 5) is 10.1. The lowest BCUT2D eigenvalue weighted by molar-refractivity contribution is -0.137. The number of aromatic amines is 1. The predicted octanol–water partition coefficient (Wildman–Crippen LogP) is 4.58. The number of nitrogens with zero attached hydrogens (tertiary/aromatic N) is 6. The summed E-state index contributed by atoms with van der Waals surface area (Å²) in [5.74, 6) is 1.53. The van der Waals surface area contributed by atoms with Crippen molar-refractivity contribution in [3.8, 4) is 0 Å². The minimum Gasteiger partial charge on any atom is -0.377 e. The molecule has 0 bridgehead atoms. The summed E-state index contributed by atoms with van der Waals surface area (Å²) in [6, 6.07) is 4.42. The van der Waals surface area contributed by atoms with Crippen LogP contribution in [-0.4, -0.2) is 56.9 Å². The van der Waals surface area contributed by atoms with E-state index < -0.39 is 23.6 Å². The van der Waals surface area contributed by atoms with Crippen molar-refractivity contribution in [3.05, 3.63) is 53.4 Å². The van der Waals surface area contributed by atoms with E-state index >= 15 is 4.39 Å². The molecule has 2 aliphatic rings. The Bertz CT molecular complexity index is 1170. The number of anilines is 2. The van der Waals surface area contributed by atoms with Crippen LogP contribution in [0.5, 0.6) is 0 Å². The quantitative estimate of drug-likeness (QED) is 0.405. The minimum atomic E-state index is -4.42. The van der Waals surface area contributed by atoms with Crippen molar-refractivity contribution in [2.24, 2.45) is 11.8 Å². The maximum Gasteiger partial charge on any atom is 0.416 e. The van der Waals surface area contributed by atoms with Gasteiger partial charge in [-0.3, -0.25) is 0 Å². The third kappa shape index (κ3) is 6.20. The van der Waals surface area contributed by atoms with Crippen molar-refractivity contribution in [1.29, 1.82) is 0 Å². The molecule has 1 aliphatic carbocycles. The minimum absolute atomic E-state index is 0.112. The van der Waals surface area contributed by atoms with E-state index in [1.165, 1.54) is 18.5 Å². The molecule has 204 valence electrons. The molecule has 0 unspecified atom stereocenters. The molecule has 3 aromatic rings. The fourth-order valence-corrected chi connectivity index (χ4v) is 5.30. The molecular weight excluding hydrogens is 504 g/mol. The molecule has 0 radical (unpaired) electrons. The molecule has 5 rings (SSSR count). The third-order valence-corrected chi connectivity index (χ3v) is 7.50. The predicted molar refractivity (Wildman–Crippen MR) is 131 cm³/mol. The van der Waals surface area contributed by atoms with Crippen LogP contribution in [0.25, 0.3) is 0 Å². The molecule has 0 spiro atoms. The zero-order valence-corrected chi connectivity index (χ0v) is 20.8. The number of rotatable bonds is 8. The number of benzene rings is 1. The largest absolute Gasteiger partial charge is 0.416 e. The summed E-state index contributed by atoms with van der Waals surface area (Å²) in [6.45, 7) is 1.54. The van der Waals surface area contributed by atoms with E-state index in [0.717, 1.165) is 56.5 Å². The average Bonchev–Trinajstić information content (AvgIpc) is 3.45. The van der Waals surface area contributed by atoms with E-state index in [0.29, 0.717) is 37.1 Å². The molecule has 2 aromatic heterocycles. The highest BCUT2D eigenvalue weighted by Crippen LogP contribution is 2.35. The zero-order chi connectivity index (χ0) is 26.5. The molecule has 0 amide bonds. The number of ether oxygens (including phenoxy) is 1. The van der Waals surface area contributed by atoms with Crippen LogP contribution in [-0.2, 0) is 17.3 Å². The highest BCUT2D eigenvalue weighted by molar-refractivity contribution is 5.53. The van der Waals surface area contributed by atoms with Gasteiger partial charge < -0.3 is 15.0 Å². The van der Waals surface area contributed by atoms with E-state index in [1.54, 1.807) is 4.90 Å². The first-order valence-electron chi connectivity index (χ1n) is 12.9. The molecule has 1 saturated heterocycles. The summed E-state index contributed by atoms with van der Waals surface area (Å²) in [7, 11) is 0. The lowest BCUT2D eigenvalue weighted by atomic mass is 9.80. The lowest BCUT2D eigenvalue weighted by Crippen LogP contribution is -2.40. The van der Waals surface area contributed by atoms with Crippen LogP contribution in [0.1, 0.15) is 55.1 Å². The first kappa shape index (κ1) is 26.3. The smallest absolute Gasteiger partial charge is 0.377 e. The molecule has 1 aliphatic heterocycles. The normalized spacial score (nSPS) is 22.4. The summed E-state index contributed by atoms with van der Waals surface area (Å²) >= 11 is 0. The molecule has 1 atom stereocenters. The Morgan fingerprint density at radius 2 is 1.82 bits per heavy atom. The maximum absolute atomic E-state index is 15.6. The zero-order valence-electron chi connectivity index (χ0n) is 20.8. The fourth-order valence-electron chi connectivity index (χ4n) is 5.30. The van der Waals surface area contributed by atoms with Gasteiger partial charge in [0.25, 0.3) is 0 Å². The molecule has 13 heteroatoms. The topological polar surface area (TPSA) is 105 Å². The highest BCUT2D eigenvalue weighted by Gasteiger charge is 2.33. The lowest BCUT2D eigenvalue weighted by Gasteiger charge is -2.37. The second kappa shape index (κ2) is 11.6. The third-order valence-electron chi connectivity index (χ3n) is 7.50. The Hall–Kier alpha value is -3.35.